The van der Waals surface area contributed by atoms with Crippen LogP contribution in [0.5, 0.6) is 5.75 Å². The number of carbonyl (C=O) groups is 1. The summed E-state index contributed by atoms with van der Waals surface area (Å²) in [5.74, 6) is 0.479. The lowest BCUT2D eigenvalue weighted by Crippen LogP contribution is -2.37. The molecule has 158 valence electrons. The van der Waals surface area contributed by atoms with E-state index in [9.17, 15) is 17.6 Å². The second kappa shape index (κ2) is 8.53. The molecule has 0 bridgehead atoms. The minimum absolute atomic E-state index is 0.166. The van der Waals surface area contributed by atoms with E-state index in [1.165, 1.54) is 28.6 Å². The van der Waals surface area contributed by atoms with Crippen LogP contribution in [0.15, 0.2) is 53.7 Å². The van der Waals surface area contributed by atoms with Gasteiger partial charge in [0, 0.05) is 30.9 Å². The van der Waals surface area contributed by atoms with Crippen LogP contribution >= 0.6 is 0 Å². The highest BCUT2D eigenvalue weighted by atomic mass is 32.2. The summed E-state index contributed by atoms with van der Waals surface area (Å²) in [4.78, 5) is 15.6. The average Bonchev–Trinajstić information content (AvgIpc) is 3.13. The number of hydrogen-bond donors (Lipinski definition) is 0. The van der Waals surface area contributed by atoms with E-state index in [-0.39, 0.29) is 23.1 Å². The Labute approximate surface area is 174 Å². The molecule has 0 aliphatic carbocycles. The summed E-state index contributed by atoms with van der Waals surface area (Å²) in [6.45, 7) is 0.0773. The molecule has 0 atom stereocenters. The molecule has 1 aromatic carbocycles. The lowest BCUT2D eigenvalue weighted by Gasteiger charge is -2.31. The maximum atomic E-state index is 13.0. The summed E-state index contributed by atoms with van der Waals surface area (Å²) in [5, 5.41) is 1.00. The number of alkyl halides is 1. The fraction of sp³-hybridized carbons (Fsp3) is 0.333. The molecule has 3 heterocycles. The molecule has 0 spiro atoms. The zero-order chi connectivity index (χ0) is 21.1. The van der Waals surface area contributed by atoms with Crippen LogP contribution in [0.1, 0.15) is 24.3 Å². The second-order valence-electron chi connectivity index (χ2n) is 7.18. The number of fused-ring (bicyclic) bond motifs is 1. The van der Waals surface area contributed by atoms with Gasteiger partial charge in [-0.05, 0) is 60.7 Å². The fourth-order valence-electron chi connectivity index (χ4n) is 4.02. The van der Waals surface area contributed by atoms with Crippen molar-refractivity contribution in [3.05, 3.63) is 54.4 Å². The van der Waals surface area contributed by atoms with E-state index >= 15 is 0 Å². The highest BCUT2D eigenvalue weighted by molar-refractivity contribution is 7.89. The summed E-state index contributed by atoms with van der Waals surface area (Å²) in [7, 11) is -3.63. The van der Waals surface area contributed by atoms with E-state index in [0.717, 1.165) is 22.9 Å². The largest absolute Gasteiger partial charge is 0.463 e. The molecule has 0 saturated carbocycles. The Hall–Kier alpha value is -2.78. The number of aldehydes is 1. The van der Waals surface area contributed by atoms with E-state index in [2.05, 4.69) is 4.98 Å². The van der Waals surface area contributed by atoms with Gasteiger partial charge in [-0.2, -0.15) is 4.31 Å². The van der Waals surface area contributed by atoms with Gasteiger partial charge in [-0.3, -0.25) is 0 Å². The molecule has 1 fully saturated rings. The number of ether oxygens (including phenoxy) is 1. The van der Waals surface area contributed by atoms with E-state index in [0.29, 0.717) is 25.9 Å². The van der Waals surface area contributed by atoms with Crippen LogP contribution in [0.4, 0.5) is 4.39 Å². The maximum absolute atomic E-state index is 13.0. The third-order valence-electron chi connectivity index (χ3n) is 5.51. The first kappa shape index (κ1) is 20.5. The molecule has 1 aliphatic heterocycles. The number of rotatable bonds is 7. The van der Waals surface area contributed by atoms with Crippen LogP contribution in [0.3, 0.4) is 0 Å². The van der Waals surface area contributed by atoms with Gasteiger partial charge < -0.3 is 14.1 Å². The predicted molar refractivity (Wildman–Crippen MR) is 110 cm³/mol. The van der Waals surface area contributed by atoms with Crippen LogP contribution in [0.2, 0.25) is 0 Å². The Kier molecular flexibility index (Phi) is 5.83. The molecular formula is C21H22FN3O4S. The summed E-state index contributed by atoms with van der Waals surface area (Å²) < 4.78 is 46.2. The number of sulfonamides is 1. The molecule has 9 heteroatoms. The Morgan fingerprint density at radius 1 is 1.17 bits per heavy atom. The van der Waals surface area contributed by atoms with E-state index in [1.54, 1.807) is 6.20 Å². The van der Waals surface area contributed by atoms with Crippen molar-refractivity contribution in [1.82, 2.24) is 13.9 Å². The molecule has 0 amide bonds. The molecule has 30 heavy (non-hydrogen) atoms. The number of pyridine rings is 1. The quantitative estimate of drug-likeness (QED) is 0.537. The van der Waals surface area contributed by atoms with E-state index in [1.807, 2.05) is 22.9 Å². The van der Waals surface area contributed by atoms with Gasteiger partial charge in [0.25, 0.3) is 0 Å². The maximum Gasteiger partial charge on any atom is 0.243 e. The Morgan fingerprint density at radius 3 is 2.57 bits per heavy atom. The first-order valence-electron chi connectivity index (χ1n) is 9.71. The summed E-state index contributed by atoms with van der Waals surface area (Å²) in [5.41, 5.74) is 1.87. The first-order chi connectivity index (χ1) is 14.5. The number of benzene rings is 1. The van der Waals surface area contributed by atoms with Gasteiger partial charge in [0.2, 0.25) is 16.9 Å². The normalized spacial score (nSPS) is 16.0. The minimum atomic E-state index is -3.63. The molecule has 1 aliphatic rings. The first-order valence-corrected chi connectivity index (χ1v) is 11.1. The third kappa shape index (κ3) is 3.82. The number of aromatic nitrogens is 2. The van der Waals surface area contributed by atoms with Crippen molar-refractivity contribution in [3.8, 4) is 5.75 Å². The van der Waals surface area contributed by atoms with E-state index in [4.69, 9.17) is 4.74 Å². The van der Waals surface area contributed by atoms with Crippen molar-refractivity contribution in [2.24, 2.45) is 0 Å². The van der Waals surface area contributed by atoms with Gasteiger partial charge in [0.05, 0.1) is 11.4 Å². The molecule has 0 unspecified atom stereocenters. The number of carbonyl (C=O) groups excluding carboxylic acids is 1. The van der Waals surface area contributed by atoms with Crippen LogP contribution < -0.4 is 4.74 Å². The molecule has 7 nitrogen and oxygen atoms in total. The molecule has 4 rings (SSSR count). The smallest absolute Gasteiger partial charge is 0.243 e. The van der Waals surface area contributed by atoms with Crippen molar-refractivity contribution in [1.29, 1.82) is 0 Å². The number of nitrogens with zero attached hydrogens (tertiary/aromatic N) is 3. The summed E-state index contributed by atoms with van der Waals surface area (Å²) in [6, 6.07) is 9.63. The van der Waals surface area contributed by atoms with Crippen molar-refractivity contribution in [3.63, 3.8) is 0 Å². The van der Waals surface area contributed by atoms with Gasteiger partial charge in [0.1, 0.15) is 17.7 Å². The average molecular weight is 431 g/mol. The summed E-state index contributed by atoms with van der Waals surface area (Å²) in [6.07, 6.45) is 5.86. The van der Waals surface area contributed by atoms with Gasteiger partial charge in [0.15, 0.2) is 0 Å². The van der Waals surface area contributed by atoms with Crippen molar-refractivity contribution >= 4 is 27.3 Å². The van der Waals surface area contributed by atoms with Gasteiger partial charge in [-0.15, -0.1) is 0 Å². The van der Waals surface area contributed by atoms with Gasteiger partial charge >= 0.3 is 0 Å². The van der Waals surface area contributed by atoms with Crippen molar-refractivity contribution in [2.45, 2.75) is 30.2 Å². The monoisotopic (exact) mass is 431 g/mol. The van der Waals surface area contributed by atoms with Crippen LogP contribution in [0, 0.1) is 0 Å². The molecule has 3 aromatic rings. The lowest BCUT2D eigenvalue weighted by atomic mass is 9.90. The molecule has 0 N–H and O–H groups in total. The minimum Gasteiger partial charge on any atom is -0.463 e. The van der Waals surface area contributed by atoms with Crippen LogP contribution in [-0.4, -0.2) is 48.5 Å². The Morgan fingerprint density at radius 2 is 1.90 bits per heavy atom. The van der Waals surface area contributed by atoms with Crippen LogP contribution in [0.25, 0.3) is 11.0 Å². The van der Waals surface area contributed by atoms with Crippen molar-refractivity contribution in [2.75, 3.05) is 20.0 Å². The molecule has 2 aromatic heterocycles. The third-order valence-corrected chi connectivity index (χ3v) is 7.43. The molecular weight excluding hydrogens is 409 g/mol. The van der Waals surface area contributed by atoms with Gasteiger partial charge in [-0.25, -0.2) is 17.8 Å². The zero-order valence-electron chi connectivity index (χ0n) is 16.3. The molecule has 1 saturated heterocycles. The lowest BCUT2D eigenvalue weighted by molar-refractivity contribution is -0.108. The second-order valence-corrected chi connectivity index (χ2v) is 9.12. The van der Waals surface area contributed by atoms with Crippen molar-refractivity contribution < 1.29 is 22.3 Å². The predicted octanol–water partition coefficient (Wildman–Crippen LogP) is 3.11. The zero-order valence-corrected chi connectivity index (χ0v) is 17.1. The standard InChI is InChI=1S/C21H22FN3O4S/c22-15-29-17-3-5-18(6-4-17)30(27,28)25-10-7-16(8-11-25)20-14-24(12-13-26)21-19(20)2-1-9-23-21/h1-6,9,13-14,16H,7-8,10-12,15H2. The van der Waals surface area contributed by atoms with E-state index < -0.39 is 16.9 Å². The van der Waals surface area contributed by atoms with Crippen LogP contribution in [-0.2, 0) is 21.4 Å². The molecule has 0 radical (unpaired) electrons. The summed E-state index contributed by atoms with van der Waals surface area (Å²) >= 11 is 0. The van der Waals surface area contributed by atoms with Gasteiger partial charge in [-0.1, -0.05) is 0 Å². The Bertz CT molecular complexity index is 1140. The Balaban J connectivity index is 1.51. The topological polar surface area (TPSA) is 81.5 Å². The number of halogens is 1. The number of hydrogen-bond acceptors (Lipinski definition) is 5. The highest BCUT2D eigenvalue weighted by Gasteiger charge is 2.31. The fourth-order valence-corrected chi connectivity index (χ4v) is 5.49. The SMILES string of the molecule is O=CCn1cc(C2CCN(S(=O)(=O)c3ccc(OCF)cc3)CC2)c2cccnc21. The number of piperidine rings is 1. The highest BCUT2D eigenvalue weighted by Crippen LogP contribution is 2.35.